The summed E-state index contributed by atoms with van der Waals surface area (Å²) >= 11 is 0. The highest BCUT2D eigenvalue weighted by molar-refractivity contribution is 7.91. The molecule has 0 saturated carbocycles. The van der Waals surface area contributed by atoms with Crippen molar-refractivity contribution in [2.24, 2.45) is 0 Å². The van der Waals surface area contributed by atoms with Crippen LogP contribution < -0.4 is 14.8 Å². The summed E-state index contributed by atoms with van der Waals surface area (Å²) in [6, 6.07) is 25.8. The smallest absolute Gasteiger partial charge is 0.407 e. The number of carboxylic acid groups (broad SMARTS) is 1. The van der Waals surface area contributed by atoms with Crippen molar-refractivity contribution in [1.82, 2.24) is 5.32 Å². The van der Waals surface area contributed by atoms with E-state index in [0.717, 1.165) is 47.5 Å². The first-order chi connectivity index (χ1) is 23.6. The number of hydrogen-bond acceptors (Lipinski definition) is 10. The molecule has 2 N–H and O–H groups in total. The second-order valence-electron chi connectivity index (χ2n) is 11.1. The van der Waals surface area contributed by atoms with Gasteiger partial charge >= 0.3 is 18.0 Å². The third-order valence-electron chi connectivity index (χ3n) is 7.66. The van der Waals surface area contributed by atoms with Crippen molar-refractivity contribution < 1.29 is 51.6 Å². The van der Waals surface area contributed by atoms with E-state index in [2.05, 4.69) is 17.4 Å². The Balaban J connectivity index is 1.45. The lowest BCUT2D eigenvalue weighted by atomic mass is 9.80. The number of amides is 1. The van der Waals surface area contributed by atoms with Crippen molar-refractivity contribution in [3.05, 3.63) is 95.6 Å². The van der Waals surface area contributed by atoms with E-state index in [9.17, 15) is 22.8 Å². The van der Waals surface area contributed by atoms with Gasteiger partial charge in [-0.15, -0.1) is 0 Å². The van der Waals surface area contributed by atoms with Gasteiger partial charge in [0, 0.05) is 13.2 Å². The van der Waals surface area contributed by atoms with Gasteiger partial charge in [-0.05, 0) is 53.8 Å². The van der Waals surface area contributed by atoms with Crippen LogP contribution in [-0.4, -0.2) is 83.6 Å². The van der Waals surface area contributed by atoms with Crippen molar-refractivity contribution in [2.45, 2.75) is 44.1 Å². The Hall–Kier alpha value is -4.62. The Labute approximate surface area is 287 Å². The quantitative estimate of drug-likeness (QED) is 0.0813. The standard InChI is InChI=1S/C36H45NO11S/c1-44-31-16-12-29(13-17-31)36(28-10-6-5-7-11-28,30-14-18-32(45-2)19-15-30)48-23-9-4-3-8-22-37-35(41)47-25-27-49(42,43)26-24-46-34(40)21-20-33(38)39/h5-7,10-19H,3-4,8-9,20-27H2,1-2H3,(H,37,41)(H,38,39). The number of aliphatic carboxylic acids is 1. The van der Waals surface area contributed by atoms with Gasteiger partial charge in [0.05, 0.1) is 38.6 Å². The number of esters is 1. The fraction of sp³-hybridized carbons (Fsp3) is 0.417. The second-order valence-corrected chi connectivity index (χ2v) is 13.4. The van der Waals surface area contributed by atoms with Crippen molar-refractivity contribution >= 4 is 27.9 Å². The van der Waals surface area contributed by atoms with E-state index < -0.39 is 58.0 Å². The second kappa shape index (κ2) is 20.0. The highest BCUT2D eigenvalue weighted by Gasteiger charge is 2.37. The minimum atomic E-state index is -3.63. The van der Waals surface area contributed by atoms with Gasteiger partial charge in [-0.2, -0.15) is 0 Å². The molecule has 0 aliphatic carbocycles. The van der Waals surface area contributed by atoms with Crippen LogP contribution in [0, 0.1) is 0 Å². The summed E-state index contributed by atoms with van der Waals surface area (Å²) in [7, 11) is -0.370. The molecule has 0 atom stereocenters. The van der Waals surface area contributed by atoms with Crippen LogP contribution in [0.25, 0.3) is 0 Å². The number of benzene rings is 3. The van der Waals surface area contributed by atoms with Crippen LogP contribution in [0.4, 0.5) is 4.79 Å². The average molecular weight is 700 g/mol. The average Bonchev–Trinajstić information content (AvgIpc) is 3.10. The Morgan fingerprint density at radius 1 is 0.673 bits per heavy atom. The van der Waals surface area contributed by atoms with E-state index in [-0.39, 0.29) is 13.0 Å². The highest BCUT2D eigenvalue weighted by atomic mass is 32.2. The van der Waals surface area contributed by atoms with Crippen LogP contribution in [0.1, 0.15) is 55.2 Å². The molecule has 1 amide bonds. The molecule has 0 bridgehead atoms. The van der Waals surface area contributed by atoms with Crippen LogP contribution in [0.3, 0.4) is 0 Å². The number of hydrogen-bond donors (Lipinski definition) is 2. The first-order valence-corrected chi connectivity index (χ1v) is 17.9. The van der Waals surface area contributed by atoms with Gasteiger partial charge < -0.3 is 34.1 Å². The lowest BCUT2D eigenvalue weighted by Gasteiger charge is -2.36. The van der Waals surface area contributed by atoms with E-state index in [1.807, 2.05) is 66.7 Å². The van der Waals surface area contributed by atoms with Gasteiger partial charge in [-0.1, -0.05) is 67.4 Å². The van der Waals surface area contributed by atoms with Crippen LogP contribution in [-0.2, 0) is 39.2 Å². The molecule has 3 rings (SSSR count). The maximum atomic E-state index is 12.1. The van der Waals surface area contributed by atoms with Gasteiger partial charge in [0.1, 0.15) is 30.3 Å². The number of methoxy groups -OCH3 is 2. The lowest BCUT2D eigenvalue weighted by Crippen LogP contribution is -2.33. The van der Waals surface area contributed by atoms with Crippen molar-refractivity contribution in [1.29, 1.82) is 0 Å². The van der Waals surface area contributed by atoms with Crippen LogP contribution in [0.5, 0.6) is 11.5 Å². The van der Waals surface area contributed by atoms with Crippen LogP contribution in [0.15, 0.2) is 78.9 Å². The molecule has 3 aromatic carbocycles. The summed E-state index contributed by atoms with van der Waals surface area (Å²) < 4.78 is 51.5. The Morgan fingerprint density at radius 2 is 1.20 bits per heavy atom. The van der Waals surface area contributed by atoms with E-state index >= 15 is 0 Å². The highest BCUT2D eigenvalue weighted by Crippen LogP contribution is 2.41. The molecular weight excluding hydrogens is 654 g/mol. The molecule has 266 valence electrons. The predicted molar refractivity (Wildman–Crippen MR) is 183 cm³/mol. The lowest BCUT2D eigenvalue weighted by molar-refractivity contribution is -0.147. The van der Waals surface area contributed by atoms with Gasteiger partial charge in [0.2, 0.25) is 0 Å². The number of nitrogens with one attached hydrogen (secondary N) is 1. The Kier molecular flexibility index (Phi) is 15.9. The number of carbonyl (C=O) groups excluding carboxylic acids is 2. The van der Waals surface area contributed by atoms with Crippen molar-refractivity contribution in [3.8, 4) is 11.5 Å². The maximum Gasteiger partial charge on any atom is 0.407 e. The van der Waals surface area contributed by atoms with Crippen molar-refractivity contribution in [3.63, 3.8) is 0 Å². The zero-order chi connectivity index (χ0) is 35.5. The van der Waals surface area contributed by atoms with Gasteiger partial charge in [0.25, 0.3) is 0 Å². The molecule has 0 aromatic heterocycles. The largest absolute Gasteiger partial charge is 0.497 e. The van der Waals surface area contributed by atoms with E-state index in [1.165, 1.54) is 0 Å². The molecule has 0 heterocycles. The summed E-state index contributed by atoms with van der Waals surface area (Å²) in [5.41, 5.74) is 2.01. The molecule has 0 saturated heterocycles. The maximum absolute atomic E-state index is 12.1. The molecule has 13 heteroatoms. The molecule has 0 unspecified atom stereocenters. The number of ether oxygens (including phenoxy) is 5. The summed E-state index contributed by atoms with van der Waals surface area (Å²) in [5.74, 6) is -1.33. The number of rotatable bonds is 22. The van der Waals surface area contributed by atoms with Crippen molar-refractivity contribution in [2.75, 3.05) is 52.1 Å². The Bertz CT molecular complexity index is 1510. The zero-order valence-electron chi connectivity index (χ0n) is 27.9. The number of unbranched alkanes of at least 4 members (excludes halogenated alkanes) is 3. The SMILES string of the molecule is COc1ccc(C(OCCCCCCNC(=O)OCCS(=O)(=O)CCOC(=O)CCC(=O)O)(c2ccccc2)c2ccc(OC)cc2)cc1. The van der Waals surface area contributed by atoms with E-state index in [0.29, 0.717) is 19.6 Å². The molecule has 0 radical (unpaired) electrons. The summed E-state index contributed by atoms with van der Waals surface area (Å²) in [6.07, 6.45) is 1.70. The number of sulfone groups is 1. The Morgan fingerprint density at radius 3 is 1.76 bits per heavy atom. The molecule has 0 aliphatic rings. The molecule has 0 spiro atoms. The third kappa shape index (κ3) is 12.7. The zero-order valence-corrected chi connectivity index (χ0v) is 28.7. The molecule has 0 fully saturated rings. The number of carbonyl (C=O) groups is 3. The first kappa shape index (κ1) is 38.8. The molecule has 3 aromatic rings. The minimum Gasteiger partial charge on any atom is -0.497 e. The van der Waals surface area contributed by atoms with Crippen LogP contribution >= 0.6 is 0 Å². The molecule has 49 heavy (non-hydrogen) atoms. The number of carboxylic acids is 1. The van der Waals surface area contributed by atoms with E-state index in [4.69, 9.17) is 28.8 Å². The van der Waals surface area contributed by atoms with Gasteiger partial charge in [-0.3, -0.25) is 9.59 Å². The summed E-state index contributed by atoms with van der Waals surface area (Å²) in [4.78, 5) is 33.9. The fourth-order valence-corrected chi connectivity index (χ4v) is 5.93. The summed E-state index contributed by atoms with van der Waals surface area (Å²) in [6.45, 7) is 0.0983. The summed E-state index contributed by atoms with van der Waals surface area (Å²) in [5, 5.41) is 11.2. The van der Waals surface area contributed by atoms with Crippen LogP contribution in [0.2, 0.25) is 0 Å². The molecule has 12 nitrogen and oxygen atoms in total. The first-order valence-electron chi connectivity index (χ1n) is 16.1. The minimum absolute atomic E-state index is 0.337. The molecule has 0 aliphatic heterocycles. The predicted octanol–water partition coefficient (Wildman–Crippen LogP) is 5.12. The normalized spacial score (nSPS) is 11.4. The monoisotopic (exact) mass is 699 g/mol. The molecular formula is C36H45NO11S. The number of alkyl carbamates (subject to hydrolysis) is 1. The topological polar surface area (TPSA) is 164 Å². The fourth-order valence-electron chi connectivity index (χ4n) is 5.05. The van der Waals surface area contributed by atoms with Gasteiger partial charge in [0.15, 0.2) is 9.84 Å². The third-order valence-corrected chi connectivity index (χ3v) is 9.24. The van der Waals surface area contributed by atoms with E-state index in [1.54, 1.807) is 14.2 Å². The van der Waals surface area contributed by atoms with Gasteiger partial charge in [-0.25, -0.2) is 13.2 Å².